The smallest absolute Gasteiger partial charge is 0.376 e. The van der Waals surface area contributed by atoms with Gasteiger partial charge in [0.2, 0.25) is 11.4 Å². The van der Waals surface area contributed by atoms with Crippen molar-refractivity contribution in [3.05, 3.63) is 20.9 Å². The van der Waals surface area contributed by atoms with E-state index >= 15 is 0 Å². The standard InChI is InChI=1S/C13H12F12N6O3/c14-10(15,16)7(32,11(17,18)19)4-1-5(8(33,28-30-26)12(20,21)22)3-6(2-4)9(34,29-31-27)13(23,24)25/h4-6,32-34H,1-3H2. The monoisotopic (exact) mass is 528 g/mol. The van der Waals surface area contributed by atoms with E-state index in [0.29, 0.717) is 0 Å². The van der Waals surface area contributed by atoms with Crippen molar-refractivity contribution in [1.29, 1.82) is 0 Å². The topological polar surface area (TPSA) is 158 Å². The molecular formula is C13H12F12N6O3. The molecule has 3 N–H and O–H groups in total. The highest BCUT2D eigenvalue weighted by Gasteiger charge is 2.76. The van der Waals surface area contributed by atoms with Gasteiger partial charge in [-0.15, -0.1) is 0 Å². The van der Waals surface area contributed by atoms with Crippen molar-refractivity contribution < 1.29 is 68.0 Å². The lowest BCUT2D eigenvalue weighted by atomic mass is 9.63. The third-order valence-electron chi connectivity index (χ3n) is 5.53. The number of alkyl halides is 12. The summed E-state index contributed by atoms with van der Waals surface area (Å²) in [4.78, 5) is 3.18. The molecule has 0 aromatic heterocycles. The van der Waals surface area contributed by atoms with Crippen LogP contribution in [0.3, 0.4) is 0 Å². The third kappa shape index (κ3) is 4.74. The van der Waals surface area contributed by atoms with Crippen LogP contribution in [-0.4, -0.2) is 57.1 Å². The van der Waals surface area contributed by atoms with Crippen molar-refractivity contribution in [3.8, 4) is 0 Å². The molecule has 0 radical (unpaired) electrons. The second-order valence-corrected chi connectivity index (χ2v) is 7.39. The molecule has 1 rings (SSSR count). The highest BCUT2D eigenvalue weighted by atomic mass is 19.4. The number of halogens is 12. The van der Waals surface area contributed by atoms with E-state index in [9.17, 15) is 68.0 Å². The summed E-state index contributed by atoms with van der Waals surface area (Å²) in [7, 11) is 0. The summed E-state index contributed by atoms with van der Waals surface area (Å²) in [5.41, 5.74) is 0.932. The maximum atomic E-state index is 13.4. The number of aliphatic hydroxyl groups is 3. The Morgan fingerprint density at radius 1 is 0.529 bits per heavy atom. The quantitative estimate of drug-likeness (QED) is 0.199. The zero-order chi connectivity index (χ0) is 27.2. The first kappa shape index (κ1) is 29.7. The molecule has 0 aromatic rings. The summed E-state index contributed by atoms with van der Waals surface area (Å²) < 4.78 is 160. The lowest BCUT2D eigenvalue weighted by molar-refractivity contribution is -0.394. The molecule has 0 aliphatic heterocycles. The van der Waals surface area contributed by atoms with E-state index in [1.54, 1.807) is 9.82 Å². The minimum atomic E-state index is -6.73. The van der Waals surface area contributed by atoms with E-state index in [4.69, 9.17) is 11.1 Å². The fraction of sp³-hybridized carbons (Fsp3) is 1.00. The Morgan fingerprint density at radius 3 is 1.00 bits per heavy atom. The van der Waals surface area contributed by atoms with Crippen molar-refractivity contribution in [2.75, 3.05) is 0 Å². The first-order valence-electron chi connectivity index (χ1n) is 8.50. The van der Waals surface area contributed by atoms with E-state index in [0.717, 1.165) is 0 Å². The molecule has 0 saturated heterocycles. The van der Waals surface area contributed by atoms with E-state index < -0.39 is 78.8 Å². The summed E-state index contributed by atoms with van der Waals surface area (Å²) in [6.07, 6.45) is -31.9. The van der Waals surface area contributed by atoms with Gasteiger partial charge in [0.1, 0.15) is 0 Å². The van der Waals surface area contributed by atoms with Crippen LogP contribution in [0.5, 0.6) is 0 Å². The summed E-state index contributed by atoms with van der Waals surface area (Å²) >= 11 is 0. The van der Waals surface area contributed by atoms with E-state index in [1.807, 2.05) is 10.2 Å². The molecular weight excluding hydrogens is 516 g/mol. The van der Waals surface area contributed by atoms with Crippen molar-refractivity contribution in [2.24, 2.45) is 28.0 Å². The fourth-order valence-electron chi connectivity index (χ4n) is 3.82. The number of rotatable bonds is 5. The van der Waals surface area contributed by atoms with Gasteiger partial charge in [-0.05, 0) is 40.6 Å². The van der Waals surface area contributed by atoms with Gasteiger partial charge in [-0.1, -0.05) is 0 Å². The van der Waals surface area contributed by atoms with Crippen LogP contribution in [-0.2, 0) is 0 Å². The summed E-state index contributed by atoms with van der Waals surface area (Å²) in [5.74, 6) is -10.0. The van der Waals surface area contributed by atoms with Crippen LogP contribution in [0.15, 0.2) is 10.2 Å². The molecule has 1 aliphatic rings. The molecule has 0 heterocycles. The normalized spacial score (nSPS) is 26.5. The van der Waals surface area contributed by atoms with Crippen LogP contribution in [0.2, 0.25) is 0 Å². The largest absolute Gasteiger partial charge is 0.426 e. The Kier molecular flexibility index (Phi) is 7.60. The van der Waals surface area contributed by atoms with Crippen LogP contribution < -0.4 is 0 Å². The molecule has 9 nitrogen and oxygen atoms in total. The van der Waals surface area contributed by atoms with Crippen LogP contribution in [0.4, 0.5) is 52.7 Å². The van der Waals surface area contributed by atoms with E-state index in [2.05, 4.69) is 0 Å². The summed E-state index contributed by atoms with van der Waals surface area (Å²) in [6.45, 7) is 0. The van der Waals surface area contributed by atoms with Gasteiger partial charge in [0.15, 0.2) is 0 Å². The second kappa shape index (κ2) is 8.71. The number of hydrogen-bond donors (Lipinski definition) is 3. The summed E-state index contributed by atoms with van der Waals surface area (Å²) in [6, 6.07) is 0. The van der Waals surface area contributed by atoms with Gasteiger partial charge >= 0.3 is 24.7 Å². The maximum Gasteiger partial charge on any atom is 0.426 e. The predicted molar refractivity (Wildman–Crippen MR) is 81.7 cm³/mol. The maximum absolute atomic E-state index is 13.4. The van der Waals surface area contributed by atoms with Gasteiger partial charge in [0, 0.05) is 27.6 Å². The third-order valence-corrected chi connectivity index (χ3v) is 5.53. The van der Waals surface area contributed by atoms with Gasteiger partial charge in [0.25, 0.3) is 5.60 Å². The first-order chi connectivity index (χ1) is 14.9. The molecule has 1 fully saturated rings. The Morgan fingerprint density at radius 2 is 0.794 bits per heavy atom. The predicted octanol–water partition coefficient (Wildman–Crippen LogP) is 5.00. The first-order valence-corrected chi connectivity index (χ1v) is 8.50. The molecule has 0 amide bonds. The Labute approximate surface area is 179 Å². The number of nitrogens with zero attached hydrogens (tertiary/aromatic N) is 6. The van der Waals surface area contributed by atoms with Crippen molar-refractivity contribution in [1.82, 2.24) is 0 Å². The molecule has 0 bridgehead atoms. The average Bonchev–Trinajstić information content (AvgIpc) is 2.63. The SMILES string of the molecule is [N-]=[N+]=NC(O)(C1CC(C(O)(N=[N+]=[N-])C(F)(F)F)CC(C(O)(C(F)(F)F)C(F)(F)F)C1)C(F)(F)F. The van der Waals surface area contributed by atoms with Crippen molar-refractivity contribution in [3.63, 3.8) is 0 Å². The van der Waals surface area contributed by atoms with Crippen molar-refractivity contribution in [2.45, 2.75) is 61.0 Å². The second-order valence-electron chi connectivity index (χ2n) is 7.39. The Hall–Kier alpha value is -2.34. The zero-order valence-electron chi connectivity index (χ0n) is 15.9. The van der Waals surface area contributed by atoms with Gasteiger partial charge in [0.05, 0.1) is 0 Å². The molecule has 21 heteroatoms. The minimum Gasteiger partial charge on any atom is -0.376 e. The molecule has 0 aromatic carbocycles. The summed E-state index contributed by atoms with van der Waals surface area (Å²) in [5, 5.41) is 33.0. The van der Waals surface area contributed by atoms with Crippen molar-refractivity contribution >= 4 is 0 Å². The minimum absolute atomic E-state index is 1.59. The molecule has 1 aliphatic carbocycles. The molecule has 4 atom stereocenters. The Bertz CT molecular complexity index is 796. The molecule has 196 valence electrons. The van der Waals surface area contributed by atoms with Gasteiger partial charge in [-0.3, -0.25) is 0 Å². The molecule has 1 saturated carbocycles. The van der Waals surface area contributed by atoms with Crippen LogP contribution in [0.25, 0.3) is 20.9 Å². The van der Waals surface area contributed by atoms with E-state index in [1.165, 1.54) is 0 Å². The van der Waals surface area contributed by atoms with Gasteiger partial charge < -0.3 is 15.3 Å². The van der Waals surface area contributed by atoms with Crippen LogP contribution in [0.1, 0.15) is 19.3 Å². The van der Waals surface area contributed by atoms with Gasteiger partial charge in [-0.25, -0.2) is 0 Å². The highest BCUT2D eigenvalue weighted by molar-refractivity contribution is 5.08. The Balaban J connectivity index is 3.94. The molecule has 4 unspecified atom stereocenters. The molecule has 34 heavy (non-hydrogen) atoms. The van der Waals surface area contributed by atoms with E-state index in [-0.39, 0.29) is 0 Å². The fourth-order valence-corrected chi connectivity index (χ4v) is 3.82. The number of azide groups is 2. The lowest BCUT2D eigenvalue weighted by Gasteiger charge is -2.49. The highest BCUT2D eigenvalue weighted by Crippen LogP contribution is 2.58. The van der Waals surface area contributed by atoms with Gasteiger partial charge in [-0.2, -0.15) is 52.7 Å². The van der Waals surface area contributed by atoms with Crippen LogP contribution >= 0.6 is 0 Å². The zero-order valence-corrected chi connectivity index (χ0v) is 15.9. The van der Waals surface area contributed by atoms with Crippen LogP contribution in [0, 0.1) is 17.8 Å². The lowest BCUT2D eigenvalue weighted by Crippen LogP contribution is -2.65. The molecule has 0 spiro atoms. The number of hydrogen-bond acceptors (Lipinski definition) is 5. The average molecular weight is 528 g/mol.